The van der Waals surface area contributed by atoms with E-state index in [4.69, 9.17) is 23.8 Å². The summed E-state index contributed by atoms with van der Waals surface area (Å²) < 4.78 is 13.2. The van der Waals surface area contributed by atoms with Crippen LogP contribution in [0, 0.1) is 0 Å². The number of fused-ring (bicyclic) bond motifs is 9. The Morgan fingerprint density at radius 3 is 1.69 bits per heavy atom. The van der Waals surface area contributed by atoms with Gasteiger partial charge in [-0.15, -0.1) is 0 Å². The van der Waals surface area contributed by atoms with Crippen LogP contribution in [0.25, 0.3) is 111 Å². The molecule has 0 bridgehead atoms. The maximum atomic E-state index is 6.81. The molecule has 10 aromatic carbocycles. The highest BCUT2D eigenvalue weighted by molar-refractivity contribution is 6.22. The van der Waals surface area contributed by atoms with Crippen LogP contribution in [0.15, 0.2) is 227 Å². The minimum Gasteiger partial charge on any atom is -0.456 e. The highest BCUT2D eigenvalue weighted by Gasteiger charge is 2.22. The number of hydrogen-bond donors (Lipinski definition) is 0. The molecule has 0 N–H and O–H groups in total. The Hall–Kier alpha value is -8.87. The first-order valence-corrected chi connectivity index (χ1v) is 21.8. The van der Waals surface area contributed by atoms with E-state index in [0.717, 1.165) is 110 Å². The van der Waals surface area contributed by atoms with Gasteiger partial charge in [-0.25, -0.2) is 15.0 Å². The first-order chi connectivity index (χ1) is 32.2. The lowest BCUT2D eigenvalue weighted by atomic mass is 9.92. The highest BCUT2D eigenvalue weighted by atomic mass is 16.3. The van der Waals surface area contributed by atoms with Crippen LogP contribution >= 0.6 is 0 Å². The first-order valence-electron chi connectivity index (χ1n) is 21.8. The lowest BCUT2D eigenvalue weighted by Gasteiger charge is -2.25. The Morgan fingerprint density at radius 2 is 0.892 bits per heavy atom. The quantitative estimate of drug-likeness (QED) is 0.159. The van der Waals surface area contributed by atoms with E-state index >= 15 is 0 Å². The molecule has 0 saturated heterocycles. The molecule has 0 unspecified atom stereocenters. The first kappa shape index (κ1) is 36.8. The molecule has 0 aliphatic carbocycles. The van der Waals surface area contributed by atoms with E-state index in [9.17, 15) is 0 Å². The number of para-hydroxylation sites is 3. The van der Waals surface area contributed by atoms with Gasteiger partial charge in [-0.05, 0) is 87.9 Å². The average molecular weight is 833 g/mol. The lowest BCUT2D eigenvalue weighted by molar-refractivity contribution is 0.669. The SMILES string of the molecule is c1ccc(-c2nc(-c3ccc4ccccc4c3)nc(-c3cccc4c(-c5ccc(N(c6ccccc6)c6ccc7c(c6)oc6ccccc67)cc5)cc5c6ccccc6oc5c34)n2)cc1. The maximum Gasteiger partial charge on any atom is 0.164 e. The monoisotopic (exact) mass is 832 g/mol. The molecule has 0 amide bonds. The number of anilines is 3. The smallest absolute Gasteiger partial charge is 0.164 e. The van der Waals surface area contributed by atoms with Crippen molar-refractivity contribution in [3.63, 3.8) is 0 Å². The van der Waals surface area contributed by atoms with Gasteiger partial charge in [0.1, 0.15) is 22.3 Å². The van der Waals surface area contributed by atoms with Gasteiger partial charge < -0.3 is 13.7 Å². The Morgan fingerprint density at radius 1 is 0.308 bits per heavy atom. The van der Waals surface area contributed by atoms with Crippen LogP contribution in [0.5, 0.6) is 0 Å². The van der Waals surface area contributed by atoms with Crippen molar-refractivity contribution in [2.75, 3.05) is 4.90 Å². The van der Waals surface area contributed by atoms with Gasteiger partial charge >= 0.3 is 0 Å². The van der Waals surface area contributed by atoms with E-state index in [1.807, 2.05) is 60.7 Å². The summed E-state index contributed by atoms with van der Waals surface area (Å²) >= 11 is 0. The summed E-state index contributed by atoms with van der Waals surface area (Å²) in [4.78, 5) is 17.8. The van der Waals surface area contributed by atoms with Crippen LogP contribution < -0.4 is 4.90 Å². The van der Waals surface area contributed by atoms with Crippen molar-refractivity contribution >= 4 is 82.5 Å². The second-order valence-electron chi connectivity index (χ2n) is 16.4. The summed E-state index contributed by atoms with van der Waals surface area (Å²) in [5.41, 5.74) is 11.3. The molecular formula is C59H36N4O2. The molecular weight excluding hydrogens is 797 g/mol. The molecule has 3 aromatic heterocycles. The third-order valence-electron chi connectivity index (χ3n) is 12.5. The van der Waals surface area contributed by atoms with Gasteiger partial charge in [-0.3, -0.25) is 0 Å². The second-order valence-corrected chi connectivity index (χ2v) is 16.4. The van der Waals surface area contributed by atoms with Crippen LogP contribution in [0.3, 0.4) is 0 Å². The Kier molecular flexibility index (Phi) is 8.42. The van der Waals surface area contributed by atoms with E-state index in [1.165, 1.54) is 0 Å². The molecule has 0 aliphatic heterocycles. The summed E-state index contributed by atoms with van der Waals surface area (Å²) in [7, 11) is 0. The Bertz CT molecular complexity index is 3950. The predicted octanol–water partition coefficient (Wildman–Crippen LogP) is 16.1. The predicted molar refractivity (Wildman–Crippen MR) is 266 cm³/mol. The maximum absolute atomic E-state index is 6.81. The normalized spacial score (nSPS) is 11.7. The van der Waals surface area contributed by atoms with E-state index in [1.54, 1.807) is 0 Å². The lowest BCUT2D eigenvalue weighted by Crippen LogP contribution is -2.09. The summed E-state index contributed by atoms with van der Waals surface area (Å²) in [5, 5.41) is 8.54. The third kappa shape index (κ3) is 6.22. The van der Waals surface area contributed by atoms with Crippen molar-refractivity contribution in [1.29, 1.82) is 0 Å². The molecule has 3 heterocycles. The molecule has 0 spiro atoms. The van der Waals surface area contributed by atoms with Gasteiger partial charge in [0.05, 0.1) is 0 Å². The number of rotatable bonds is 7. The van der Waals surface area contributed by atoms with Gasteiger partial charge in [0.25, 0.3) is 0 Å². The van der Waals surface area contributed by atoms with Gasteiger partial charge in [0.2, 0.25) is 0 Å². The van der Waals surface area contributed by atoms with Gasteiger partial charge in [-0.2, -0.15) is 0 Å². The van der Waals surface area contributed by atoms with Crippen LogP contribution in [-0.4, -0.2) is 15.0 Å². The largest absolute Gasteiger partial charge is 0.456 e. The van der Waals surface area contributed by atoms with E-state index in [2.05, 4.69) is 163 Å². The van der Waals surface area contributed by atoms with Crippen molar-refractivity contribution in [3.05, 3.63) is 218 Å². The van der Waals surface area contributed by atoms with Crippen LogP contribution in [0.2, 0.25) is 0 Å². The van der Waals surface area contributed by atoms with Crippen LogP contribution in [-0.2, 0) is 0 Å². The van der Waals surface area contributed by atoms with Gasteiger partial charge in [0, 0.05) is 66.8 Å². The van der Waals surface area contributed by atoms with Gasteiger partial charge in [0.15, 0.2) is 17.5 Å². The average Bonchev–Trinajstić information content (AvgIpc) is 3.95. The number of hydrogen-bond acceptors (Lipinski definition) is 6. The summed E-state index contributed by atoms with van der Waals surface area (Å²) in [6, 6.07) is 75.7. The number of benzene rings is 10. The van der Waals surface area contributed by atoms with Crippen LogP contribution in [0.1, 0.15) is 0 Å². The second kappa shape index (κ2) is 14.9. The summed E-state index contributed by atoms with van der Waals surface area (Å²) in [5.74, 6) is 1.78. The van der Waals surface area contributed by atoms with E-state index < -0.39 is 0 Å². The molecule has 13 aromatic rings. The zero-order chi connectivity index (χ0) is 42.8. The molecule has 0 atom stereocenters. The van der Waals surface area contributed by atoms with Crippen molar-refractivity contribution in [2.24, 2.45) is 0 Å². The summed E-state index contributed by atoms with van der Waals surface area (Å²) in [6.45, 7) is 0. The number of nitrogens with zero attached hydrogens (tertiary/aromatic N) is 4. The molecule has 0 saturated carbocycles. The summed E-state index contributed by atoms with van der Waals surface area (Å²) in [6.07, 6.45) is 0. The van der Waals surface area contributed by atoms with Crippen molar-refractivity contribution in [2.45, 2.75) is 0 Å². The molecule has 0 fully saturated rings. The molecule has 6 nitrogen and oxygen atoms in total. The minimum absolute atomic E-state index is 0.571. The molecule has 65 heavy (non-hydrogen) atoms. The molecule has 0 radical (unpaired) electrons. The fraction of sp³-hybridized carbons (Fsp3) is 0. The van der Waals surface area contributed by atoms with Gasteiger partial charge in [-0.1, -0.05) is 152 Å². The fourth-order valence-electron chi connectivity index (χ4n) is 9.40. The topological polar surface area (TPSA) is 68.2 Å². The number of furan rings is 2. The highest BCUT2D eigenvalue weighted by Crippen LogP contribution is 2.45. The van der Waals surface area contributed by atoms with Crippen molar-refractivity contribution in [1.82, 2.24) is 15.0 Å². The van der Waals surface area contributed by atoms with E-state index in [0.29, 0.717) is 17.5 Å². The fourth-order valence-corrected chi connectivity index (χ4v) is 9.40. The molecule has 13 rings (SSSR count). The molecule has 0 aliphatic rings. The van der Waals surface area contributed by atoms with Crippen LogP contribution in [0.4, 0.5) is 17.1 Å². The Balaban J connectivity index is 0.998. The van der Waals surface area contributed by atoms with Crippen molar-refractivity contribution in [3.8, 4) is 45.3 Å². The number of aromatic nitrogens is 3. The standard InChI is InChI=1S/C59H36N4O2/c1-3-15-39(16-4-1)57-60-58(41-27-26-37-14-7-8-17-40(37)34-41)62-59(61-57)49-23-13-22-48-50(36-51-46-21-10-12-25-53(46)65-56(51)55(48)49)38-28-30-43(31-29-38)63(42-18-5-2-6-19-42)44-32-33-47-45-20-9-11-24-52(45)64-54(47)35-44/h1-36H. The zero-order valence-corrected chi connectivity index (χ0v) is 34.9. The zero-order valence-electron chi connectivity index (χ0n) is 34.9. The third-order valence-corrected chi connectivity index (χ3v) is 12.5. The van der Waals surface area contributed by atoms with Crippen molar-refractivity contribution < 1.29 is 8.83 Å². The molecule has 304 valence electrons. The molecule has 6 heteroatoms. The minimum atomic E-state index is 0.571. The van der Waals surface area contributed by atoms with E-state index in [-0.39, 0.29) is 0 Å². The Labute approximate surface area is 373 Å².